The lowest BCUT2D eigenvalue weighted by Gasteiger charge is -2.11. The molecule has 4 nitrogen and oxygen atoms in total. The Morgan fingerprint density at radius 1 is 1.28 bits per heavy atom. The van der Waals surface area contributed by atoms with Crippen molar-refractivity contribution in [3.8, 4) is 0 Å². The van der Waals surface area contributed by atoms with Crippen LogP contribution in [0, 0.1) is 6.92 Å². The third kappa shape index (κ3) is 5.75. The molecule has 1 aromatic carbocycles. The van der Waals surface area contributed by atoms with E-state index in [-0.39, 0.29) is 17.5 Å². The molecule has 18 heavy (non-hydrogen) atoms. The van der Waals surface area contributed by atoms with Gasteiger partial charge in [-0.05, 0) is 12.5 Å². The summed E-state index contributed by atoms with van der Waals surface area (Å²) in [6.07, 6.45) is 1.14. The topological polar surface area (TPSA) is 77.2 Å². The molecule has 0 aromatic heterocycles. The number of rotatable bonds is 6. The van der Waals surface area contributed by atoms with Gasteiger partial charge in [-0.1, -0.05) is 29.8 Å². The molecule has 0 spiro atoms. The van der Waals surface area contributed by atoms with Gasteiger partial charge in [0, 0.05) is 34.6 Å². The maximum Gasteiger partial charge on any atom is 0.148 e. The first-order valence-electron chi connectivity index (χ1n) is 5.63. The van der Waals surface area contributed by atoms with E-state index in [1.54, 1.807) is 0 Å². The second kappa shape index (κ2) is 6.45. The summed E-state index contributed by atoms with van der Waals surface area (Å²) in [6, 6.07) is 7.41. The summed E-state index contributed by atoms with van der Waals surface area (Å²) in [5.74, 6) is 0.386. The van der Waals surface area contributed by atoms with E-state index in [4.69, 9.17) is 5.73 Å². The average Bonchev–Trinajstić information content (AvgIpc) is 2.26. The first-order chi connectivity index (χ1) is 8.28. The predicted octanol–water partition coefficient (Wildman–Crippen LogP) is 0.788. The van der Waals surface area contributed by atoms with Crippen LogP contribution in [0.4, 0.5) is 0 Å². The Morgan fingerprint density at radius 3 is 2.33 bits per heavy atom. The molecule has 0 bridgehead atoms. The molecule has 2 atom stereocenters. The maximum absolute atomic E-state index is 11.7. The molecule has 6 heteroatoms. The van der Waals surface area contributed by atoms with Gasteiger partial charge in [0.2, 0.25) is 0 Å². The lowest BCUT2D eigenvalue weighted by atomic mass is 10.1. The zero-order valence-electron chi connectivity index (χ0n) is 10.6. The van der Waals surface area contributed by atoms with E-state index >= 15 is 0 Å². The number of hydrogen-bond donors (Lipinski definition) is 1. The van der Waals surface area contributed by atoms with E-state index in [1.807, 2.05) is 31.2 Å². The Hall–Kier alpha value is -0.720. The van der Waals surface area contributed by atoms with Gasteiger partial charge < -0.3 is 5.73 Å². The molecule has 0 heterocycles. The zero-order valence-corrected chi connectivity index (χ0v) is 12.3. The zero-order chi connectivity index (χ0) is 13.8. The fourth-order valence-electron chi connectivity index (χ4n) is 1.44. The van der Waals surface area contributed by atoms with E-state index in [0.717, 1.165) is 17.4 Å². The number of benzene rings is 1. The van der Waals surface area contributed by atoms with Gasteiger partial charge in [0.15, 0.2) is 0 Å². The summed E-state index contributed by atoms with van der Waals surface area (Å²) >= 11 is 0. The Bertz CT molecular complexity index is 509. The van der Waals surface area contributed by atoms with Crippen LogP contribution >= 0.6 is 0 Å². The second-order valence-corrected chi connectivity index (χ2v) is 8.34. The summed E-state index contributed by atoms with van der Waals surface area (Å²) in [6.45, 7) is 1.99. The van der Waals surface area contributed by atoms with Crippen molar-refractivity contribution in [3.63, 3.8) is 0 Å². The van der Waals surface area contributed by atoms with Crippen molar-refractivity contribution in [1.29, 1.82) is 0 Å². The molecular weight excluding hydrogens is 270 g/mol. The smallest absolute Gasteiger partial charge is 0.148 e. The second-order valence-electron chi connectivity index (χ2n) is 4.46. The Morgan fingerprint density at radius 2 is 1.83 bits per heavy atom. The lowest BCUT2D eigenvalue weighted by molar-refractivity contribution is 0.602. The molecule has 0 aliphatic carbocycles. The number of nitrogens with two attached hydrogens (primary N) is 1. The van der Waals surface area contributed by atoms with Crippen LogP contribution in [0.2, 0.25) is 0 Å². The van der Waals surface area contributed by atoms with Gasteiger partial charge in [-0.2, -0.15) is 0 Å². The minimum Gasteiger partial charge on any atom is -0.323 e. The molecule has 0 amide bonds. The van der Waals surface area contributed by atoms with E-state index in [2.05, 4.69) is 0 Å². The third-order valence-corrected chi connectivity index (χ3v) is 5.15. The van der Waals surface area contributed by atoms with Crippen molar-refractivity contribution in [2.45, 2.75) is 13.0 Å². The average molecular weight is 289 g/mol. The van der Waals surface area contributed by atoms with Crippen LogP contribution in [-0.4, -0.2) is 36.1 Å². The van der Waals surface area contributed by atoms with Crippen LogP contribution in [0.5, 0.6) is 0 Å². The minimum absolute atomic E-state index is 0.0553. The van der Waals surface area contributed by atoms with Crippen molar-refractivity contribution in [2.75, 3.05) is 23.5 Å². The summed E-state index contributed by atoms with van der Waals surface area (Å²) in [5.41, 5.74) is 8.01. The Balaban J connectivity index is 2.52. The Labute approximate surface area is 111 Å². The van der Waals surface area contributed by atoms with Gasteiger partial charge in [-0.3, -0.25) is 4.21 Å². The SMILES string of the molecule is Cc1ccc(C(N)CS(=O)CCS(C)(=O)=O)cc1. The lowest BCUT2D eigenvalue weighted by Crippen LogP contribution is -2.22. The van der Waals surface area contributed by atoms with Crippen LogP contribution in [-0.2, 0) is 20.6 Å². The maximum atomic E-state index is 11.7. The summed E-state index contributed by atoms with van der Waals surface area (Å²) in [4.78, 5) is 0. The standard InChI is InChI=1S/C12H19NO3S2/c1-10-3-5-11(6-4-10)12(13)9-17(14)7-8-18(2,15)16/h3-6,12H,7-9,13H2,1-2H3. The highest BCUT2D eigenvalue weighted by Gasteiger charge is 2.12. The highest BCUT2D eigenvalue weighted by molar-refractivity contribution is 7.92. The third-order valence-electron chi connectivity index (χ3n) is 2.55. The van der Waals surface area contributed by atoms with Gasteiger partial charge in [-0.15, -0.1) is 0 Å². The molecule has 0 aliphatic rings. The number of sulfone groups is 1. The molecule has 1 aromatic rings. The van der Waals surface area contributed by atoms with Crippen LogP contribution in [0.3, 0.4) is 0 Å². The molecule has 0 saturated heterocycles. The van der Waals surface area contributed by atoms with Crippen LogP contribution in [0.25, 0.3) is 0 Å². The predicted molar refractivity (Wildman–Crippen MR) is 75.7 cm³/mol. The van der Waals surface area contributed by atoms with Gasteiger partial charge in [0.25, 0.3) is 0 Å². The van der Waals surface area contributed by atoms with Crippen molar-refractivity contribution in [1.82, 2.24) is 0 Å². The highest BCUT2D eigenvalue weighted by Crippen LogP contribution is 2.12. The van der Waals surface area contributed by atoms with E-state index in [1.165, 1.54) is 0 Å². The fraction of sp³-hybridized carbons (Fsp3) is 0.500. The van der Waals surface area contributed by atoms with Crippen molar-refractivity contribution < 1.29 is 12.6 Å². The number of hydrogen-bond acceptors (Lipinski definition) is 4. The first kappa shape index (κ1) is 15.3. The highest BCUT2D eigenvalue weighted by atomic mass is 32.2. The normalized spacial score (nSPS) is 15.3. The Kier molecular flexibility index (Phi) is 5.49. The van der Waals surface area contributed by atoms with E-state index < -0.39 is 20.6 Å². The molecule has 2 N–H and O–H groups in total. The van der Waals surface area contributed by atoms with E-state index in [9.17, 15) is 12.6 Å². The molecule has 1 rings (SSSR count). The van der Waals surface area contributed by atoms with Gasteiger partial charge in [-0.25, -0.2) is 8.42 Å². The largest absolute Gasteiger partial charge is 0.323 e. The van der Waals surface area contributed by atoms with Crippen LogP contribution < -0.4 is 5.73 Å². The molecular formula is C12H19NO3S2. The minimum atomic E-state index is -3.06. The summed E-state index contributed by atoms with van der Waals surface area (Å²) in [7, 11) is -4.27. The molecule has 0 saturated carbocycles. The van der Waals surface area contributed by atoms with Gasteiger partial charge in [0.05, 0.1) is 5.75 Å². The van der Waals surface area contributed by atoms with Gasteiger partial charge >= 0.3 is 0 Å². The molecule has 102 valence electrons. The molecule has 2 unspecified atom stereocenters. The van der Waals surface area contributed by atoms with Crippen molar-refractivity contribution >= 4 is 20.6 Å². The quantitative estimate of drug-likeness (QED) is 0.840. The van der Waals surface area contributed by atoms with Crippen LogP contribution in [0.1, 0.15) is 17.2 Å². The van der Waals surface area contributed by atoms with E-state index in [0.29, 0.717) is 5.75 Å². The summed E-state index contributed by atoms with van der Waals surface area (Å²) < 4.78 is 33.6. The van der Waals surface area contributed by atoms with Crippen molar-refractivity contribution in [2.24, 2.45) is 5.73 Å². The van der Waals surface area contributed by atoms with Crippen LogP contribution in [0.15, 0.2) is 24.3 Å². The summed E-state index contributed by atoms with van der Waals surface area (Å²) in [5, 5.41) is 0. The fourth-order valence-corrected chi connectivity index (χ4v) is 4.15. The number of aryl methyl sites for hydroxylation is 1. The monoisotopic (exact) mass is 289 g/mol. The van der Waals surface area contributed by atoms with Gasteiger partial charge in [0.1, 0.15) is 9.84 Å². The molecule has 0 fully saturated rings. The molecule has 0 radical (unpaired) electrons. The molecule has 0 aliphatic heterocycles. The van der Waals surface area contributed by atoms with Crippen molar-refractivity contribution in [3.05, 3.63) is 35.4 Å². The first-order valence-corrected chi connectivity index (χ1v) is 9.17.